The molecule has 1 aromatic carbocycles. The second kappa shape index (κ2) is 9.07. The minimum absolute atomic E-state index is 0.190. The monoisotopic (exact) mass is 470 g/mol. The van der Waals surface area contributed by atoms with Crippen molar-refractivity contribution >= 4 is 23.3 Å². The van der Waals surface area contributed by atoms with Gasteiger partial charge in [0.05, 0.1) is 17.3 Å². The summed E-state index contributed by atoms with van der Waals surface area (Å²) in [5, 5.41) is 13.3. The first-order valence-corrected chi connectivity index (χ1v) is 11.2. The molecule has 1 saturated heterocycles. The van der Waals surface area contributed by atoms with Crippen LogP contribution in [0, 0.1) is 6.92 Å². The molecular weight excluding hydrogens is 448 g/mol. The number of furan rings is 1. The number of nitrogens with zero attached hydrogens (tertiary/aromatic N) is 3. The molecular formula is C26H22N4O3S. The number of aromatic nitrogens is 2. The van der Waals surface area contributed by atoms with E-state index in [4.69, 9.17) is 16.6 Å². The minimum Gasteiger partial charge on any atom is -0.478 e. The van der Waals surface area contributed by atoms with Crippen LogP contribution in [0.25, 0.3) is 11.3 Å². The van der Waals surface area contributed by atoms with Crippen LogP contribution < -0.4 is 5.32 Å². The lowest BCUT2D eigenvalue weighted by Gasteiger charge is -2.26. The Bertz CT molecular complexity index is 1340. The molecule has 0 bridgehead atoms. The lowest BCUT2D eigenvalue weighted by atomic mass is 10.0. The Kier molecular flexibility index (Phi) is 5.81. The number of carboxylic acid groups (broad SMARTS) is 1. The molecule has 2 atom stereocenters. The van der Waals surface area contributed by atoms with Gasteiger partial charge in [0.2, 0.25) is 0 Å². The van der Waals surface area contributed by atoms with Crippen molar-refractivity contribution in [1.29, 1.82) is 0 Å². The Labute approximate surface area is 202 Å². The van der Waals surface area contributed by atoms with E-state index >= 15 is 0 Å². The maximum absolute atomic E-state index is 11.3. The van der Waals surface area contributed by atoms with Gasteiger partial charge < -0.3 is 19.7 Å². The van der Waals surface area contributed by atoms with E-state index in [1.807, 2.05) is 49.4 Å². The summed E-state index contributed by atoms with van der Waals surface area (Å²) in [6, 6.07) is 18.2. The highest BCUT2D eigenvalue weighted by molar-refractivity contribution is 7.80. The van der Waals surface area contributed by atoms with Crippen LogP contribution in [-0.2, 0) is 6.54 Å². The number of carbonyl (C=O) groups is 1. The Balaban J connectivity index is 1.53. The van der Waals surface area contributed by atoms with Crippen molar-refractivity contribution in [2.24, 2.45) is 0 Å². The van der Waals surface area contributed by atoms with Crippen LogP contribution >= 0.6 is 12.2 Å². The third kappa shape index (κ3) is 4.15. The molecule has 170 valence electrons. The highest BCUT2D eigenvalue weighted by atomic mass is 32.1. The van der Waals surface area contributed by atoms with E-state index < -0.39 is 5.97 Å². The zero-order valence-electron chi connectivity index (χ0n) is 18.4. The molecule has 4 heterocycles. The third-order valence-electron chi connectivity index (χ3n) is 5.96. The number of pyridine rings is 2. The third-order valence-corrected chi connectivity index (χ3v) is 6.31. The van der Waals surface area contributed by atoms with Crippen LogP contribution in [0.1, 0.15) is 45.0 Å². The number of hydrogen-bond acceptors (Lipinski definition) is 5. The van der Waals surface area contributed by atoms with Crippen molar-refractivity contribution in [3.8, 4) is 11.3 Å². The highest BCUT2D eigenvalue weighted by Gasteiger charge is 2.41. The molecule has 4 aromatic rings. The summed E-state index contributed by atoms with van der Waals surface area (Å²) in [5.41, 5.74) is 3.87. The standard InChI is InChI=1S/C26H22N4O3S/c1-16-14-18(25(31)32)5-6-19(16)21-7-8-22(33-21)24-23(20-4-2-3-11-28-20)29-26(34)30(24)15-17-9-12-27-13-10-17/h2-14,23-24H,15H2,1H3,(H,29,34)(H,31,32). The summed E-state index contributed by atoms with van der Waals surface area (Å²) in [6.45, 7) is 2.47. The van der Waals surface area contributed by atoms with Gasteiger partial charge in [0.25, 0.3) is 0 Å². The van der Waals surface area contributed by atoms with Gasteiger partial charge in [-0.25, -0.2) is 4.79 Å². The van der Waals surface area contributed by atoms with Crippen molar-refractivity contribution in [2.75, 3.05) is 0 Å². The molecule has 5 rings (SSSR count). The van der Waals surface area contributed by atoms with Gasteiger partial charge in [-0.2, -0.15) is 0 Å². The zero-order valence-corrected chi connectivity index (χ0v) is 19.2. The second-order valence-electron chi connectivity index (χ2n) is 8.15. The average Bonchev–Trinajstić information content (AvgIpc) is 3.45. The fourth-order valence-corrected chi connectivity index (χ4v) is 4.60. The number of rotatable bonds is 6. The van der Waals surface area contributed by atoms with E-state index in [9.17, 15) is 9.90 Å². The number of nitrogens with one attached hydrogen (secondary N) is 1. The van der Waals surface area contributed by atoms with Gasteiger partial charge in [-0.3, -0.25) is 9.97 Å². The van der Waals surface area contributed by atoms with Crippen molar-refractivity contribution in [1.82, 2.24) is 20.2 Å². The predicted molar refractivity (Wildman–Crippen MR) is 131 cm³/mol. The van der Waals surface area contributed by atoms with Crippen LogP contribution in [0.4, 0.5) is 0 Å². The predicted octanol–water partition coefficient (Wildman–Crippen LogP) is 4.92. The van der Waals surface area contributed by atoms with Crippen LogP contribution in [0.2, 0.25) is 0 Å². The van der Waals surface area contributed by atoms with Gasteiger partial charge in [0.1, 0.15) is 17.6 Å². The van der Waals surface area contributed by atoms with E-state index in [-0.39, 0.29) is 17.6 Å². The summed E-state index contributed by atoms with van der Waals surface area (Å²) in [7, 11) is 0. The highest BCUT2D eigenvalue weighted by Crippen LogP contribution is 2.41. The van der Waals surface area contributed by atoms with Crippen LogP contribution in [-0.4, -0.2) is 31.1 Å². The molecule has 1 aliphatic heterocycles. The van der Waals surface area contributed by atoms with Gasteiger partial charge in [0.15, 0.2) is 5.11 Å². The van der Waals surface area contributed by atoms with Gasteiger partial charge in [0, 0.05) is 30.7 Å². The molecule has 1 fully saturated rings. The largest absolute Gasteiger partial charge is 0.478 e. The Morgan fingerprint density at radius 3 is 2.65 bits per heavy atom. The quantitative estimate of drug-likeness (QED) is 0.384. The molecule has 2 N–H and O–H groups in total. The van der Waals surface area contributed by atoms with Gasteiger partial charge >= 0.3 is 5.97 Å². The van der Waals surface area contributed by atoms with Crippen LogP contribution in [0.15, 0.2) is 83.7 Å². The van der Waals surface area contributed by atoms with Crippen molar-refractivity contribution in [2.45, 2.75) is 25.6 Å². The number of carboxylic acids is 1. The molecule has 0 spiro atoms. The maximum Gasteiger partial charge on any atom is 0.335 e. The number of aryl methyl sites for hydroxylation is 1. The van der Waals surface area contributed by atoms with E-state index in [0.29, 0.717) is 17.4 Å². The zero-order chi connectivity index (χ0) is 23.7. The smallest absolute Gasteiger partial charge is 0.335 e. The summed E-state index contributed by atoms with van der Waals surface area (Å²) in [5.74, 6) is 0.463. The Morgan fingerprint density at radius 1 is 1.12 bits per heavy atom. The van der Waals surface area contributed by atoms with Gasteiger partial charge in [-0.05, 0) is 78.8 Å². The van der Waals surface area contributed by atoms with Crippen LogP contribution in [0.5, 0.6) is 0 Å². The van der Waals surface area contributed by atoms with Crippen LogP contribution in [0.3, 0.4) is 0 Å². The molecule has 2 unspecified atom stereocenters. The number of hydrogen-bond donors (Lipinski definition) is 2. The van der Waals surface area contributed by atoms with Crippen molar-refractivity contribution in [3.05, 3.63) is 107 Å². The van der Waals surface area contributed by atoms with E-state index in [0.717, 1.165) is 28.1 Å². The fourth-order valence-electron chi connectivity index (χ4n) is 4.30. The summed E-state index contributed by atoms with van der Waals surface area (Å²) < 4.78 is 6.37. The van der Waals surface area contributed by atoms with E-state index in [1.165, 1.54) is 0 Å². The molecule has 1 aliphatic rings. The maximum atomic E-state index is 11.3. The first-order chi connectivity index (χ1) is 16.5. The number of thiocarbonyl (C=S) groups is 1. The van der Waals surface area contributed by atoms with E-state index in [2.05, 4.69) is 20.2 Å². The molecule has 3 aromatic heterocycles. The Hall–Kier alpha value is -4.04. The average molecular weight is 471 g/mol. The summed E-state index contributed by atoms with van der Waals surface area (Å²) in [6.07, 6.45) is 5.30. The summed E-state index contributed by atoms with van der Waals surface area (Å²) in [4.78, 5) is 22.1. The molecule has 0 amide bonds. The fraction of sp³-hybridized carbons (Fsp3) is 0.154. The molecule has 0 saturated carbocycles. The van der Waals surface area contributed by atoms with E-state index in [1.54, 1.807) is 36.8 Å². The number of benzene rings is 1. The normalized spacial score (nSPS) is 17.6. The molecule has 0 radical (unpaired) electrons. The molecule has 8 heteroatoms. The van der Waals surface area contributed by atoms with Crippen molar-refractivity contribution in [3.63, 3.8) is 0 Å². The lowest BCUT2D eigenvalue weighted by Crippen LogP contribution is -2.29. The Morgan fingerprint density at radius 2 is 1.94 bits per heavy atom. The first kappa shape index (κ1) is 21.8. The molecule has 34 heavy (non-hydrogen) atoms. The number of aromatic carboxylic acids is 1. The van der Waals surface area contributed by atoms with Gasteiger partial charge in [-0.15, -0.1) is 0 Å². The SMILES string of the molecule is Cc1cc(C(=O)O)ccc1-c1ccc(C2C(c3ccccn3)NC(=S)N2Cc2ccncc2)o1. The molecule has 0 aliphatic carbocycles. The van der Waals surface area contributed by atoms with Crippen molar-refractivity contribution < 1.29 is 14.3 Å². The first-order valence-electron chi connectivity index (χ1n) is 10.8. The molecule has 7 nitrogen and oxygen atoms in total. The lowest BCUT2D eigenvalue weighted by molar-refractivity contribution is 0.0697. The second-order valence-corrected chi connectivity index (χ2v) is 8.53. The van der Waals surface area contributed by atoms with Gasteiger partial charge in [-0.1, -0.05) is 12.1 Å². The topological polar surface area (TPSA) is 91.5 Å². The summed E-state index contributed by atoms with van der Waals surface area (Å²) >= 11 is 5.73. The minimum atomic E-state index is -0.953.